The predicted molar refractivity (Wildman–Crippen MR) is 27.6 cm³/mol. The average Bonchev–Trinajstić information content (AvgIpc) is 1.59. The van der Waals surface area contributed by atoms with Crippen LogP contribution in [0.3, 0.4) is 0 Å². The molecule has 0 heterocycles. The van der Waals surface area contributed by atoms with E-state index in [0.29, 0.717) is 0 Å². The first-order chi connectivity index (χ1) is 3.92. The molecule has 0 fully saturated rings. The standard InChI is InChI=1S/C2H4ClF2O3P/c3-9(6,7)8-1-2(4)5/h2H,1H2,(H,6,7). The molecule has 0 radical (unpaired) electrons. The number of rotatable bonds is 3. The molecule has 0 aromatic carbocycles. The van der Waals surface area contributed by atoms with Crippen molar-refractivity contribution in [2.45, 2.75) is 6.43 Å². The maximum absolute atomic E-state index is 11.1. The van der Waals surface area contributed by atoms with Crippen molar-refractivity contribution in [2.75, 3.05) is 6.61 Å². The SMILES string of the molecule is O=P(O)(Cl)OCC(F)F. The largest absolute Gasteiger partial charge is 0.421 e. The molecule has 1 atom stereocenters. The molecule has 1 N–H and O–H groups in total. The summed E-state index contributed by atoms with van der Waals surface area (Å²) in [7, 11) is 0. The highest BCUT2D eigenvalue weighted by molar-refractivity contribution is 7.80. The molecule has 7 heteroatoms. The molecule has 0 aliphatic carbocycles. The highest BCUT2D eigenvalue weighted by Gasteiger charge is 2.16. The fraction of sp³-hybridized carbons (Fsp3) is 1.00. The highest BCUT2D eigenvalue weighted by atomic mass is 35.7. The van der Waals surface area contributed by atoms with Gasteiger partial charge < -0.3 is 4.89 Å². The van der Waals surface area contributed by atoms with Crippen molar-refractivity contribution in [1.29, 1.82) is 0 Å². The highest BCUT2D eigenvalue weighted by Crippen LogP contribution is 2.47. The number of alkyl halides is 2. The Bertz CT molecular complexity index is 123. The molecule has 0 rings (SSSR count). The van der Waals surface area contributed by atoms with Gasteiger partial charge in [-0.15, -0.1) is 0 Å². The molecular weight excluding hydrogens is 176 g/mol. The monoisotopic (exact) mass is 180 g/mol. The van der Waals surface area contributed by atoms with E-state index in [1.807, 2.05) is 0 Å². The van der Waals surface area contributed by atoms with Gasteiger partial charge in [0.25, 0.3) is 6.43 Å². The van der Waals surface area contributed by atoms with E-state index in [0.717, 1.165) is 0 Å². The fourth-order valence-electron chi connectivity index (χ4n) is 0.148. The summed E-state index contributed by atoms with van der Waals surface area (Å²) in [5.41, 5.74) is 0. The summed E-state index contributed by atoms with van der Waals surface area (Å²) in [5.74, 6) is 0. The smallest absolute Gasteiger partial charge is 0.313 e. The van der Waals surface area contributed by atoms with Crippen LogP contribution >= 0.6 is 18.2 Å². The first-order valence-electron chi connectivity index (χ1n) is 1.87. The summed E-state index contributed by atoms with van der Waals surface area (Å²) in [5, 5.41) is 0. The minimum absolute atomic E-state index is 1.11. The summed E-state index contributed by atoms with van der Waals surface area (Å²) >= 11 is 4.53. The van der Waals surface area contributed by atoms with Gasteiger partial charge in [0.05, 0.1) is 0 Å². The third-order valence-corrected chi connectivity index (χ3v) is 1.12. The molecule has 0 aliphatic heterocycles. The molecule has 0 aromatic heterocycles. The lowest BCUT2D eigenvalue weighted by Crippen LogP contribution is -2.00. The zero-order valence-corrected chi connectivity index (χ0v) is 5.78. The van der Waals surface area contributed by atoms with Gasteiger partial charge in [-0.1, -0.05) is 0 Å². The molecule has 9 heavy (non-hydrogen) atoms. The van der Waals surface area contributed by atoms with Crippen molar-refractivity contribution in [3.05, 3.63) is 0 Å². The number of halogens is 3. The second-order valence-corrected chi connectivity index (χ2v) is 3.58. The van der Waals surface area contributed by atoms with Gasteiger partial charge in [-0.2, -0.15) is 0 Å². The van der Waals surface area contributed by atoms with E-state index >= 15 is 0 Å². The predicted octanol–water partition coefficient (Wildman–Crippen LogP) is 1.61. The van der Waals surface area contributed by atoms with E-state index in [9.17, 15) is 13.3 Å². The van der Waals surface area contributed by atoms with Gasteiger partial charge in [-0.25, -0.2) is 13.3 Å². The molecule has 0 aromatic rings. The van der Waals surface area contributed by atoms with Crippen molar-refractivity contribution in [3.63, 3.8) is 0 Å². The molecule has 0 bridgehead atoms. The van der Waals surface area contributed by atoms with Crippen molar-refractivity contribution in [2.24, 2.45) is 0 Å². The van der Waals surface area contributed by atoms with E-state index in [1.54, 1.807) is 0 Å². The molecule has 0 saturated carbocycles. The topological polar surface area (TPSA) is 46.5 Å². The summed E-state index contributed by atoms with van der Waals surface area (Å²) in [6.07, 6.45) is -2.77. The molecule has 0 amide bonds. The molecule has 1 unspecified atom stereocenters. The van der Waals surface area contributed by atoms with Crippen molar-refractivity contribution >= 4 is 18.2 Å². The Balaban J connectivity index is 3.40. The van der Waals surface area contributed by atoms with Gasteiger partial charge in [0.15, 0.2) is 0 Å². The Kier molecular flexibility index (Phi) is 3.58. The van der Waals surface area contributed by atoms with Gasteiger partial charge >= 0.3 is 6.95 Å². The summed E-state index contributed by atoms with van der Waals surface area (Å²) in [6.45, 7) is -5.34. The Hall–Kier alpha value is 0.300. The fourth-order valence-corrected chi connectivity index (χ4v) is 0.614. The lowest BCUT2D eigenvalue weighted by Gasteiger charge is -2.01. The van der Waals surface area contributed by atoms with Gasteiger partial charge in [-0.05, 0) is 0 Å². The van der Waals surface area contributed by atoms with Crippen LogP contribution in [0.2, 0.25) is 0 Å². The van der Waals surface area contributed by atoms with Crippen LogP contribution in [0.1, 0.15) is 0 Å². The Morgan fingerprint density at radius 1 is 1.78 bits per heavy atom. The molecule has 3 nitrogen and oxygen atoms in total. The van der Waals surface area contributed by atoms with Crippen LogP contribution in [0.4, 0.5) is 8.78 Å². The Morgan fingerprint density at radius 2 is 2.22 bits per heavy atom. The lowest BCUT2D eigenvalue weighted by atomic mass is 10.8. The Labute approximate surface area is 54.9 Å². The van der Waals surface area contributed by atoms with Crippen LogP contribution in [-0.2, 0) is 9.09 Å². The second-order valence-electron chi connectivity index (χ2n) is 1.14. The van der Waals surface area contributed by atoms with Crippen LogP contribution < -0.4 is 0 Å². The van der Waals surface area contributed by atoms with Crippen LogP contribution in [0.25, 0.3) is 0 Å². The molecular formula is C2H4ClF2O3P. The summed E-state index contributed by atoms with van der Waals surface area (Å²) in [6, 6.07) is 0. The third-order valence-electron chi connectivity index (χ3n) is 0.360. The zero-order chi connectivity index (χ0) is 7.49. The number of hydrogen-bond donors (Lipinski definition) is 1. The van der Waals surface area contributed by atoms with Crippen LogP contribution in [0.5, 0.6) is 0 Å². The van der Waals surface area contributed by atoms with Crippen molar-refractivity contribution < 1.29 is 22.8 Å². The van der Waals surface area contributed by atoms with Crippen molar-refractivity contribution in [3.8, 4) is 0 Å². The van der Waals surface area contributed by atoms with E-state index in [-0.39, 0.29) is 0 Å². The minimum Gasteiger partial charge on any atom is -0.313 e. The summed E-state index contributed by atoms with van der Waals surface area (Å²) in [4.78, 5) is 8.03. The van der Waals surface area contributed by atoms with Crippen LogP contribution in [-0.4, -0.2) is 17.9 Å². The van der Waals surface area contributed by atoms with Gasteiger partial charge in [0.1, 0.15) is 6.61 Å². The second kappa shape index (κ2) is 3.46. The van der Waals surface area contributed by atoms with E-state index in [1.165, 1.54) is 0 Å². The quantitative estimate of drug-likeness (QED) is 0.671. The molecule has 56 valence electrons. The average molecular weight is 180 g/mol. The maximum atomic E-state index is 11.1. The minimum atomic E-state index is -4.23. The van der Waals surface area contributed by atoms with Gasteiger partial charge in [0, 0.05) is 11.2 Å². The van der Waals surface area contributed by atoms with Crippen LogP contribution in [0, 0.1) is 0 Å². The molecule has 0 spiro atoms. The summed E-state index contributed by atoms with van der Waals surface area (Å²) < 4.78 is 35.8. The number of hydrogen-bond acceptors (Lipinski definition) is 2. The first kappa shape index (κ1) is 9.30. The molecule has 0 aliphatic rings. The van der Waals surface area contributed by atoms with Crippen LogP contribution in [0.15, 0.2) is 0 Å². The van der Waals surface area contributed by atoms with E-state index in [4.69, 9.17) is 4.89 Å². The van der Waals surface area contributed by atoms with E-state index in [2.05, 4.69) is 15.8 Å². The van der Waals surface area contributed by atoms with Crippen molar-refractivity contribution in [1.82, 2.24) is 0 Å². The van der Waals surface area contributed by atoms with Gasteiger partial charge in [-0.3, -0.25) is 4.52 Å². The van der Waals surface area contributed by atoms with Gasteiger partial charge in [0.2, 0.25) is 0 Å². The normalized spacial score (nSPS) is 17.9. The molecule has 0 saturated heterocycles. The zero-order valence-electron chi connectivity index (χ0n) is 4.13. The Morgan fingerprint density at radius 3 is 2.33 bits per heavy atom. The maximum Gasteiger partial charge on any atom is 0.421 e. The first-order valence-corrected chi connectivity index (χ1v) is 4.35. The third kappa shape index (κ3) is 8.30. The lowest BCUT2D eigenvalue weighted by molar-refractivity contribution is 0.0781. The van der Waals surface area contributed by atoms with E-state index < -0.39 is 20.0 Å².